The molecule has 0 radical (unpaired) electrons. The number of carbonyl (C=O) groups excluding carboxylic acids is 2. The zero-order valence-corrected chi connectivity index (χ0v) is 17.0. The lowest BCUT2D eigenvalue weighted by molar-refractivity contribution is -0.128. The molecule has 160 valence electrons. The standard InChI is InChI=1S/C26H19F2NO3/c27-23-8-4-3-7-21(23)19-14-18-5-1-2-6-20(18)22(15-19)26(31)29-25-13-17(9-10-24(25)28)11-12-32-16-30/h1-10,13-16H,11-12H2,(H,29,31). The molecule has 0 atom stereocenters. The normalized spacial score (nSPS) is 10.7. The number of hydrogen-bond donors (Lipinski definition) is 1. The van der Waals surface area contributed by atoms with E-state index < -0.39 is 17.5 Å². The first kappa shape index (κ1) is 21.2. The van der Waals surface area contributed by atoms with Crippen LogP contribution in [0.25, 0.3) is 21.9 Å². The second-order valence-electron chi connectivity index (χ2n) is 7.21. The van der Waals surface area contributed by atoms with Crippen LogP contribution in [0.1, 0.15) is 15.9 Å². The van der Waals surface area contributed by atoms with Crippen molar-refractivity contribution in [3.05, 3.63) is 102 Å². The molecule has 0 saturated carbocycles. The molecule has 4 rings (SSSR count). The summed E-state index contributed by atoms with van der Waals surface area (Å²) in [5.74, 6) is -1.50. The van der Waals surface area contributed by atoms with Crippen molar-refractivity contribution in [3.8, 4) is 11.1 Å². The van der Waals surface area contributed by atoms with Crippen LogP contribution in [0, 0.1) is 11.6 Å². The minimum absolute atomic E-state index is 0.0129. The lowest BCUT2D eigenvalue weighted by Gasteiger charge is -2.13. The van der Waals surface area contributed by atoms with Gasteiger partial charge in [0, 0.05) is 17.5 Å². The maximum atomic E-state index is 14.4. The summed E-state index contributed by atoms with van der Waals surface area (Å²) in [5, 5.41) is 4.05. The van der Waals surface area contributed by atoms with Crippen molar-refractivity contribution in [1.82, 2.24) is 0 Å². The molecule has 6 heteroatoms. The van der Waals surface area contributed by atoms with E-state index in [1.165, 1.54) is 18.2 Å². The summed E-state index contributed by atoms with van der Waals surface area (Å²) in [4.78, 5) is 23.5. The molecule has 4 nitrogen and oxygen atoms in total. The molecule has 1 N–H and O–H groups in total. The number of anilines is 1. The Bertz CT molecular complexity index is 1300. The van der Waals surface area contributed by atoms with Crippen LogP contribution in [0.5, 0.6) is 0 Å². The lowest BCUT2D eigenvalue weighted by Crippen LogP contribution is -2.14. The summed E-state index contributed by atoms with van der Waals surface area (Å²) < 4.78 is 33.5. The van der Waals surface area contributed by atoms with Gasteiger partial charge >= 0.3 is 0 Å². The SMILES string of the molecule is O=COCCc1ccc(F)c(NC(=O)c2cc(-c3ccccc3F)cc3ccccc23)c1. The molecule has 0 heterocycles. The van der Waals surface area contributed by atoms with Crippen LogP contribution in [0.2, 0.25) is 0 Å². The highest BCUT2D eigenvalue weighted by atomic mass is 19.1. The van der Waals surface area contributed by atoms with Gasteiger partial charge in [-0.15, -0.1) is 0 Å². The molecule has 0 unspecified atom stereocenters. The fourth-order valence-corrected chi connectivity index (χ4v) is 3.59. The number of amides is 1. The Balaban J connectivity index is 1.72. The van der Waals surface area contributed by atoms with Crippen LogP contribution in [0.15, 0.2) is 78.9 Å². The number of fused-ring (bicyclic) bond motifs is 1. The van der Waals surface area contributed by atoms with Crippen LogP contribution in [0.3, 0.4) is 0 Å². The maximum Gasteiger partial charge on any atom is 0.293 e. The van der Waals surface area contributed by atoms with Gasteiger partial charge in [-0.1, -0.05) is 48.5 Å². The van der Waals surface area contributed by atoms with E-state index in [4.69, 9.17) is 0 Å². The van der Waals surface area contributed by atoms with Crippen LogP contribution in [0.4, 0.5) is 14.5 Å². The number of rotatable bonds is 7. The summed E-state index contributed by atoms with van der Waals surface area (Å²) >= 11 is 0. The summed E-state index contributed by atoms with van der Waals surface area (Å²) in [6.45, 7) is 0.498. The second kappa shape index (κ2) is 9.39. The van der Waals surface area contributed by atoms with E-state index in [9.17, 15) is 18.4 Å². The minimum Gasteiger partial charge on any atom is -0.468 e. The lowest BCUT2D eigenvalue weighted by atomic mass is 9.96. The fourth-order valence-electron chi connectivity index (χ4n) is 3.59. The van der Waals surface area contributed by atoms with Crippen molar-refractivity contribution < 1.29 is 23.1 Å². The van der Waals surface area contributed by atoms with E-state index in [1.807, 2.05) is 18.2 Å². The summed E-state index contributed by atoms with van der Waals surface area (Å²) in [6.07, 6.45) is 0.383. The van der Waals surface area contributed by atoms with Crippen molar-refractivity contribution in [2.45, 2.75) is 6.42 Å². The predicted molar refractivity (Wildman–Crippen MR) is 119 cm³/mol. The molecular weight excluding hydrogens is 412 g/mol. The third kappa shape index (κ3) is 4.49. The number of hydrogen-bond acceptors (Lipinski definition) is 3. The highest BCUT2D eigenvalue weighted by Crippen LogP contribution is 2.30. The van der Waals surface area contributed by atoms with Gasteiger partial charge in [0.15, 0.2) is 0 Å². The van der Waals surface area contributed by atoms with Crippen LogP contribution in [-0.4, -0.2) is 19.0 Å². The van der Waals surface area contributed by atoms with Crippen LogP contribution < -0.4 is 5.32 Å². The summed E-state index contributed by atoms with van der Waals surface area (Å²) in [6, 6.07) is 21.3. The van der Waals surface area contributed by atoms with Crippen molar-refractivity contribution >= 4 is 28.8 Å². The Hall–Kier alpha value is -4.06. The molecular formula is C26H19F2NO3. The highest BCUT2D eigenvalue weighted by molar-refractivity contribution is 6.14. The number of nitrogens with one attached hydrogen (secondary N) is 1. The monoisotopic (exact) mass is 431 g/mol. The molecule has 0 saturated heterocycles. The largest absolute Gasteiger partial charge is 0.468 e. The Morgan fingerprint density at radius 2 is 1.69 bits per heavy atom. The fraction of sp³-hybridized carbons (Fsp3) is 0.0769. The van der Waals surface area contributed by atoms with Gasteiger partial charge in [-0.3, -0.25) is 9.59 Å². The first-order chi connectivity index (χ1) is 15.6. The van der Waals surface area contributed by atoms with E-state index in [0.717, 1.165) is 5.39 Å². The zero-order valence-electron chi connectivity index (χ0n) is 17.0. The van der Waals surface area contributed by atoms with Crippen molar-refractivity contribution in [2.24, 2.45) is 0 Å². The van der Waals surface area contributed by atoms with E-state index >= 15 is 0 Å². The van der Waals surface area contributed by atoms with Crippen molar-refractivity contribution in [3.63, 3.8) is 0 Å². The van der Waals surface area contributed by atoms with Crippen molar-refractivity contribution in [2.75, 3.05) is 11.9 Å². The van der Waals surface area contributed by atoms with E-state index in [0.29, 0.717) is 40.5 Å². The first-order valence-corrected chi connectivity index (χ1v) is 9.99. The number of halogens is 2. The third-order valence-corrected chi connectivity index (χ3v) is 5.15. The quantitative estimate of drug-likeness (QED) is 0.299. The number of ether oxygens (including phenoxy) is 1. The maximum absolute atomic E-state index is 14.4. The first-order valence-electron chi connectivity index (χ1n) is 9.99. The topological polar surface area (TPSA) is 55.4 Å². The number of carbonyl (C=O) groups is 2. The van der Waals surface area contributed by atoms with Gasteiger partial charge in [0.05, 0.1) is 12.3 Å². The van der Waals surface area contributed by atoms with Gasteiger partial charge in [0.1, 0.15) is 11.6 Å². The molecule has 0 aliphatic heterocycles. The second-order valence-corrected chi connectivity index (χ2v) is 7.21. The van der Waals surface area contributed by atoms with Gasteiger partial charge < -0.3 is 10.1 Å². The molecule has 0 aliphatic rings. The predicted octanol–water partition coefficient (Wildman–Crippen LogP) is 5.75. The smallest absolute Gasteiger partial charge is 0.293 e. The molecule has 4 aromatic rings. The average molecular weight is 431 g/mol. The van der Waals surface area contributed by atoms with Gasteiger partial charge in [-0.05, 0) is 52.2 Å². The molecule has 0 bridgehead atoms. The third-order valence-electron chi connectivity index (χ3n) is 5.15. The summed E-state index contributed by atoms with van der Waals surface area (Å²) in [5.41, 5.74) is 1.94. The van der Waals surface area contributed by atoms with E-state index in [1.54, 1.807) is 42.5 Å². The van der Waals surface area contributed by atoms with Crippen LogP contribution >= 0.6 is 0 Å². The molecule has 0 fully saturated rings. The van der Waals surface area contributed by atoms with Gasteiger partial charge in [0.2, 0.25) is 0 Å². The highest BCUT2D eigenvalue weighted by Gasteiger charge is 2.16. The Morgan fingerprint density at radius 1 is 0.906 bits per heavy atom. The van der Waals surface area contributed by atoms with E-state index in [2.05, 4.69) is 10.1 Å². The molecule has 0 aromatic heterocycles. The number of benzene rings is 4. The molecule has 32 heavy (non-hydrogen) atoms. The van der Waals surface area contributed by atoms with Gasteiger partial charge in [0.25, 0.3) is 12.4 Å². The Labute approximate surface area is 183 Å². The molecule has 4 aromatic carbocycles. The van der Waals surface area contributed by atoms with Crippen LogP contribution in [-0.2, 0) is 16.0 Å². The Morgan fingerprint density at radius 3 is 2.50 bits per heavy atom. The molecule has 0 spiro atoms. The zero-order chi connectivity index (χ0) is 22.5. The summed E-state index contributed by atoms with van der Waals surface area (Å²) in [7, 11) is 0. The average Bonchev–Trinajstić information content (AvgIpc) is 2.81. The Kier molecular flexibility index (Phi) is 6.22. The molecule has 1 amide bonds. The molecule has 0 aliphatic carbocycles. The van der Waals surface area contributed by atoms with Gasteiger partial charge in [-0.2, -0.15) is 0 Å². The van der Waals surface area contributed by atoms with E-state index in [-0.39, 0.29) is 12.3 Å². The van der Waals surface area contributed by atoms with Gasteiger partial charge in [-0.25, -0.2) is 8.78 Å². The van der Waals surface area contributed by atoms with Crippen molar-refractivity contribution in [1.29, 1.82) is 0 Å². The minimum atomic E-state index is -0.590.